The first-order valence-corrected chi connectivity index (χ1v) is 5.91. The maximum Gasteiger partial charge on any atom is 0.0904 e. The fourth-order valence-electron chi connectivity index (χ4n) is 1.58. The predicted molar refractivity (Wildman–Crippen MR) is 65.2 cm³/mol. The molecule has 1 rings (SSSR count). The van der Waals surface area contributed by atoms with E-state index < -0.39 is 0 Å². The number of alkyl halides is 1. The molecule has 0 spiro atoms. The second-order valence-electron chi connectivity index (χ2n) is 3.72. The number of hydrogen-bond acceptors (Lipinski definition) is 1. The third-order valence-electron chi connectivity index (χ3n) is 2.41. The summed E-state index contributed by atoms with van der Waals surface area (Å²) in [7, 11) is 0. The van der Waals surface area contributed by atoms with E-state index in [2.05, 4.69) is 42.5 Å². The molecule has 0 bridgehead atoms. The predicted octanol–water partition coefficient (Wildman–Crippen LogP) is 3.23. The molecule has 1 aliphatic rings. The molecule has 2 atom stereocenters. The van der Waals surface area contributed by atoms with Crippen LogP contribution in [0.2, 0.25) is 0 Å². The van der Waals surface area contributed by atoms with Gasteiger partial charge in [0.2, 0.25) is 0 Å². The lowest BCUT2D eigenvalue weighted by molar-refractivity contribution is 0.192. The first-order chi connectivity index (χ1) is 6.08. The average Bonchev–Trinajstić information content (AvgIpc) is 2.09. The largest absolute Gasteiger partial charge is 0.387 e. The summed E-state index contributed by atoms with van der Waals surface area (Å²) in [6, 6.07) is 0. The molecular formula is C11H17IO. The Labute approximate surface area is 94.1 Å². The third-order valence-corrected chi connectivity index (χ3v) is 3.90. The highest BCUT2D eigenvalue weighted by Gasteiger charge is 2.32. The lowest BCUT2D eigenvalue weighted by Crippen LogP contribution is -2.34. The number of unbranched alkanes of at least 4 members (excludes halogenated alkanes) is 1. The second kappa shape index (κ2) is 4.60. The monoisotopic (exact) mass is 292 g/mol. The molecular weight excluding hydrogens is 275 g/mol. The highest BCUT2D eigenvalue weighted by atomic mass is 127. The van der Waals surface area contributed by atoms with Gasteiger partial charge in [0.25, 0.3) is 0 Å². The van der Waals surface area contributed by atoms with Crippen LogP contribution < -0.4 is 0 Å². The molecule has 0 aromatic carbocycles. The minimum Gasteiger partial charge on any atom is -0.387 e. The van der Waals surface area contributed by atoms with Gasteiger partial charge in [-0.25, -0.2) is 0 Å². The Hall–Kier alpha value is 0.170. The average molecular weight is 292 g/mol. The number of hydrogen-bond donors (Lipinski definition) is 1. The first-order valence-electron chi connectivity index (χ1n) is 4.83. The van der Waals surface area contributed by atoms with Crippen LogP contribution in [0.3, 0.4) is 0 Å². The van der Waals surface area contributed by atoms with Crippen LogP contribution in [0.1, 0.15) is 33.1 Å². The van der Waals surface area contributed by atoms with E-state index in [0.29, 0.717) is 0 Å². The molecule has 2 unspecified atom stereocenters. The molecule has 0 saturated heterocycles. The molecule has 0 fully saturated rings. The highest BCUT2D eigenvalue weighted by Crippen LogP contribution is 2.35. The molecule has 0 aromatic heterocycles. The van der Waals surface area contributed by atoms with Crippen molar-refractivity contribution in [2.45, 2.75) is 42.6 Å². The van der Waals surface area contributed by atoms with Gasteiger partial charge in [-0.15, -0.1) is 0 Å². The Balaban J connectivity index is 2.70. The number of aliphatic hydroxyl groups is 1. The molecule has 0 aromatic rings. The Morgan fingerprint density at radius 2 is 2.31 bits per heavy atom. The quantitative estimate of drug-likeness (QED) is 0.625. The zero-order valence-corrected chi connectivity index (χ0v) is 10.4. The van der Waals surface area contributed by atoms with E-state index in [4.69, 9.17) is 0 Å². The smallest absolute Gasteiger partial charge is 0.0904 e. The maximum atomic E-state index is 9.83. The summed E-state index contributed by atoms with van der Waals surface area (Å²) in [5, 5.41) is 9.83. The maximum absolute atomic E-state index is 9.83. The van der Waals surface area contributed by atoms with Crippen molar-refractivity contribution in [1.29, 1.82) is 0 Å². The van der Waals surface area contributed by atoms with Crippen molar-refractivity contribution < 1.29 is 5.11 Å². The van der Waals surface area contributed by atoms with E-state index in [1.807, 2.05) is 12.2 Å². The van der Waals surface area contributed by atoms with Gasteiger partial charge in [0.05, 0.1) is 9.53 Å². The van der Waals surface area contributed by atoms with Gasteiger partial charge in [0.15, 0.2) is 0 Å². The summed E-state index contributed by atoms with van der Waals surface area (Å²) in [6.45, 7) is 4.27. The Morgan fingerprint density at radius 3 is 2.92 bits per heavy atom. The highest BCUT2D eigenvalue weighted by molar-refractivity contribution is 14.1. The van der Waals surface area contributed by atoms with Gasteiger partial charge in [-0.05, 0) is 13.3 Å². The van der Waals surface area contributed by atoms with Gasteiger partial charge in [0.1, 0.15) is 0 Å². The molecule has 1 N–H and O–H groups in total. The molecule has 1 aliphatic carbocycles. The number of aliphatic hydroxyl groups excluding tert-OH is 1. The number of rotatable bonds is 3. The molecule has 2 heteroatoms. The van der Waals surface area contributed by atoms with Crippen LogP contribution in [0.25, 0.3) is 0 Å². The zero-order chi connectivity index (χ0) is 9.90. The van der Waals surface area contributed by atoms with Crippen LogP contribution >= 0.6 is 22.6 Å². The van der Waals surface area contributed by atoms with Crippen molar-refractivity contribution in [3.8, 4) is 0 Å². The molecule has 0 heterocycles. The van der Waals surface area contributed by atoms with Gasteiger partial charge >= 0.3 is 0 Å². The summed E-state index contributed by atoms with van der Waals surface area (Å²) in [5.74, 6) is 0. The second-order valence-corrected chi connectivity index (χ2v) is 5.73. The zero-order valence-electron chi connectivity index (χ0n) is 8.26. The SMILES string of the molecule is CCCCC1(I)C=C(C)C=CC1O. The van der Waals surface area contributed by atoms with Crippen LogP contribution in [0.15, 0.2) is 23.8 Å². The van der Waals surface area contributed by atoms with E-state index in [1.165, 1.54) is 18.4 Å². The van der Waals surface area contributed by atoms with Crippen molar-refractivity contribution in [3.63, 3.8) is 0 Å². The van der Waals surface area contributed by atoms with E-state index in [0.717, 1.165) is 6.42 Å². The summed E-state index contributed by atoms with van der Waals surface area (Å²) in [4.78, 5) is 0. The Bertz CT molecular complexity index is 232. The number of allylic oxidation sites excluding steroid dienone is 2. The molecule has 74 valence electrons. The minimum absolute atomic E-state index is 0.0629. The molecule has 0 aliphatic heterocycles. The van der Waals surface area contributed by atoms with Gasteiger partial charge in [-0.3, -0.25) is 0 Å². The van der Waals surface area contributed by atoms with Gasteiger partial charge in [0, 0.05) is 0 Å². The Kier molecular flexibility index (Phi) is 3.98. The molecule has 1 nitrogen and oxygen atoms in total. The van der Waals surface area contributed by atoms with E-state index in [-0.39, 0.29) is 9.53 Å². The van der Waals surface area contributed by atoms with Crippen molar-refractivity contribution >= 4 is 22.6 Å². The van der Waals surface area contributed by atoms with Crippen molar-refractivity contribution in [3.05, 3.63) is 23.8 Å². The fraction of sp³-hybridized carbons (Fsp3) is 0.636. The summed E-state index contributed by atoms with van der Waals surface area (Å²) >= 11 is 2.38. The Morgan fingerprint density at radius 1 is 1.62 bits per heavy atom. The van der Waals surface area contributed by atoms with Crippen LogP contribution in [-0.2, 0) is 0 Å². The third kappa shape index (κ3) is 2.81. The van der Waals surface area contributed by atoms with Gasteiger partial charge in [-0.2, -0.15) is 0 Å². The van der Waals surface area contributed by atoms with Gasteiger partial charge in [-0.1, -0.05) is 66.2 Å². The van der Waals surface area contributed by atoms with E-state index in [1.54, 1.807) is 0 Å². The summed E-state index contributed by atoms with van der Waals surface area (Å²) in [5.41, 5.74) is 1.26. The summed E-state index contributed by atoms with van der Waals surface area (Å²) < 4.78 is -0.0629. The van der Waals surface area contributed by atoms with Gasteiger partial charge < -0.3 is 5.11 Å². The molecule has 0 saturated carbocycles. The van der Waals surface area contributed by atoms with Crippen LogP contribution in [0, 0.1) is 0 Å². The lowest BCUT2D eigenvalue weighted by Gasteiger charge is -2.31. The number of halogens is 1. The summed E-state index contributed by atoms with van der Waals surface area (Å²) in [6.07, 6.45) is 9.20. The van der Waals surface area contributed by atoms with Crippen molar-refractivity contribution in [2.24, 2.45) is 0 Å². The van der Waals surface area contributed by atoms with Crippen molar-refractivity contribution in [2.75, 3.05) is 0 Å². The van der Waals surface area contributed by atoms with Crippen LogP contribution in [0.4, 0.5) is 0 Å². The molecule has 13 heavy (non-hydrogen) atoms. The van der Waals surface area contributed by atoms with E-state index in [9.17, 15) is 5.11 Å². The van der Waals surface area contributed by atoms with Crippen LogP contribution in [0.5, 0.6) is 0 Å². The lowest BCUT2D eigenvalue weighted by atomic mass is 9.89. The fourth-order valence-corrected chi connectivity index (χ4v) is 2.66. The normalized spacial score (nSPS) is 33.2. The van der Waals surface area contributed by atoms with E-state index >= 15 is 0 Å². The van der Waals surface area contributed by atoms with Crippen LogP contribution in [-0.4, -0.2) is 14.6 Å². The first kappa shape index (κ1) is 11.2. The standard InChI is InChI=1S/C11H17IO/c1-3-4-7-11(12)8-9(2)5-6-10(11)13/h5-6,8,10,13H,3-4,7H2,1-2H3. The molecule has 0 radical (unpaired) electrons. The van der Waals surface area contributed by atoms with Crippen molar-refractivity contribution in [1.82, 2.24) is 0 Å². The molecule has 0 amide bonds. The minimum atomic E-state index is -0.316. The topological polar surface area (TPSA) is 20.2 Å².